The van der Waals surface area contributed by atoms with Gasteiger partial charge in [0, 0.05) is 12.2 Å². The molecule has 1 fully saturated rings. The van der Waals surface area contributed by atoms with Crippen LogP contribution < -0.4 is 10.6 Å². The molecule has 17 heavy (non-hydrogen) atoms. The van der Waals surface area contributed by atoms with Crippen molar-refractivity contribution in [3.63, 3.8) is 0 Å². The van der Waals surface area contributed by atoms with E-state index in [1.807, 2.05) is 19.2 Å². The molecule has 2 heterocycles. The smallest absolute Gasteiger partial charge is 0.229 e. The summed E-state index contributed by atoms with van der Waals surface area (Å²) >= 11 is 0. The first-order valence-electron chi connectivity index (χ1n) is 6.28. The van der Waals surface area contributed by atoms with Crippen LogP contribution in [0.3, 0.4) is 0 Å². The molecule has 2 atom stereocenters. The zero-order valence-electron chi connectivity index (χ0n) is 9.99. The lowest BCUT2D eigenvalue weighted by Gasteiger charge is -2.28. The van der Waals surface area contributed by atoms with Crippen LogP contribution in [0.2, 0.25) is 0 Å². The number of hydrogen-bond donors (Lipinski definition) is 2. The zero-order chi connectivity index (χ0) is 11.8. The summed E-state index contributed by atoms with van der Waals surface area (Å²) < 4.78 is 0. The summed E-state index contributed by atoms with van der Waals surface area (Å²) in [6.07, 6.45) is 6.23. The Morgan fingerprint density at radius 2 is 2.18 bits per heavy atom. The molecule has 0 saturated heterocycles. The molecule has 2 N–H and O–H groups in total. The predicted octanol–water partition coefficient (Wildman–Crippen LogP) is 2.31. The highest BCUT2D eigenvalue weighted by Gasteiger charge is 2.34. The quantitative estimate of drug-likeness (QED) is 0.720. The van der Waals surface area contributed by atoms with Gasteiger partial charge in [-0.2, -0.15) is 0 Å². The normalized spacial score (nSPS) is 27.2. The van der Waals surface area contributed by atoms with Gasteiger partial charge >= 0.3 is 0 Å². The first-order chi connectivity index (χ1) is 8.24. The number of aryl methyl sites for hydroxylation is 1. The van der Waals surface area contributed by atoms with E-state index in [0.717, 1.165) is 36.3 Å². The second kappa shape index (κ2) is 4.02. The average Bonchev–Trinajstić information content (AvgIpc) is 2.46. The Bertz CT molecular complexity index is 458. The number of anilines is 2. The molecule has 0 radical (unpaired) electrons. The van der Waals surface area contributed by atoms with Crippen LogP contribution in [0.5, 0.6) is 0 Å². The lowest BCUT2D eigenvalue weighted by Crippen LogP contribution is -2.37. The fraction of sp³-hybridized carbons (Fsp3) is 0.538. The average molecular weight is 231 g/mol. The second-order valence-corrected chi connectivity index (χ2v) is 5.04. The molecule has 4 heteroatoms. The van der Waals surface area contributed by atoms with Crippen molar-refractivity contribution in [2.75, 3.05) is 10.6 Å². The lowest BCUT2D eigenvalue weighted by atomic mass is 9.84. The molecule has 0 bridgehead atoms. The van der Waals surface area contributed by atoms with Crippen molar-refractivity contribution in [1.29, 1.82) is 0 Å². The van der Waals surface area contributed by atoms with Crippen LogP contribution in [-0.4, -0.2) is 16.9 Å². The molecule has 1 aromatic heterocycles. The van der Waals surface area contributed by atoms with E-state index in [9.17, 15) is 4.79 Å². The van der Waals surface area contributed by atoms with Gasteiger partial charge in [0.05, 0.1) is 11.6 Å². The number of nitrogens with zero attached hydrogens (tertiary/aromatic N) is 1. The Morgan fingerprint density at radius 1 is 1.35 bits per heavy atom. The highest BCUT2D eigenvalue weighted by molar-refractivity contribution is 5.97. The SMILES string of the molecule is Cc1cnc2c(c1)NC(=O)C1CCCCC1N2. The first-order valence-corrected chi connectivity index (χ1v) is 6.28. The summed E-state index contributed by atoms with van der Waals surface area (Å²) in [6, 6.07) is 2.23. The van der Waals surface area contributed by atoms with E-state index in [1.54, 1.807) is 0 Å². The van der Waals surface area contributed by atoms with Gasteiger partial charge in [-0.05, 0) is 31.4 Å². The third-order valence-corrected chi connectivity index (χ3v) is 3.71. The minimum Gasteiger partial charge on any atom is -0.365 e. The van der Waals surface area contributed by atoms with E-state index in [1.165, 1.54) is 6.42 Å². The third-order valence-electron chi connectivity index (χ3n) is 3.71. The Balaban J connectivity index is 1.97. The molecule has 3 rings (SSSR count). The maximum Gasteiger partial charge on any atom is 0.229 e. The third kappa shape index (κ3) is 1.88. The molecular weight excluding hydrogens is 214 g/mol. The fourth-order valence-corrected chi connectivity index (χ4v) is 2.80. The van der Waals surface area contributed by atoms with Crippen LogP contribution in [0.4, 0.5) is 11.5 Å². The maximum atomic E-state index is 12.1. The molecule has 1 amide bonds. The van der Waals surface area contributed by atoms with E-state index in [-0.39, 0.29) is 17.9 Å². The molecular formula is C13H17N3O. The number of amides is 1. The summed E-state index contributed by atoms with van der Waals surface area (Å²) in [7, 11) is 0. The Morgan fingerprint density at radius 3 is 3.06 bits per heavy atom. The zero-order valence-corrected chi connectivity index (χ0v) is 9.99. The van der Waals surface area contributed by atoms with Crippen LogP contribution in [0.15, 0.2) is 12.3 Å². The second-order valence-electron chi connectivity index (χ2n) is 5.04. The fourth-order valence-electron chi connectivity index (χ4n) is 2.80. The van der Waals surface area contributed by atoms with Crippen molar-refractivity contribution in [2.24, 2.45) is 5.92 Å². The Hall–Kier alpha value is -1.58. The van der Waals surface area contributed by atoms with E-state index in [4.69, 9.17) is 0 Å². The van der Waals surface area contributed by atoms with Crippen molar-refractivity contribution < 1.29 is 4.79 Å². The molecule has 0 aromatic carbocycles. The largest absolute Gasteiger partial charge is 0.365 e. The van der Waals surface area contributed by atoms with Crippen molar-refractivity contribution in [1.82, 2.24) is 4.98 Å². The molecule has 1 saturated carbocycles. The molecule has 1 aliphatic heterocycles. The highest BCUT2D eigenvalue weighted by atomic mass is 16.2. The van der Waals surface area contributed by atoms with Gasteiger partial charge in [0.15, 0.2) is 0 Å². The van der Waals surface area contributed by atoms with Crippen LogP contribution in [0.25, 0.3) is 0 Å². The van der Waals surface area contributed by atoms with Gasteiger partial charge in [0.2, 0.25) is 5.91 Å². The van der Waals surface area contributed by atoms with Gasteiger partial charge in [-0.15, -0.1) is 0 Å². The van der Waals surface area contributed by atoms with E-state index in [0.29, 0.717) is 0 Å². The molecule has 2 unspecified atom stereocenters. The van der Waals surface area contributed by atoms with Crippen LogP contribution in [0.1, 0.15) is 31.2 Å². The number of fused-ring (bicyclic) bond motifs is 2. The van der Waals surface area contributed by atoms with Crippen molar-refractivity contribution >= 4 is 17.4 Å². The van der Waals surface area contributed by atoms with E-state index < -0.39 is 0 Å². The van der Waals surface area contributed by atoms with Gasteiger partial charge < -0.3 is 10.6 Å². The number of pyridine rings is 1. The maximum absolute atomic E-state index is 12.1. The lowest BCUT2D eigenvalue weighted by molar-refractivity contribution is -0.120. The first kappa shape index (κ1) is 10.6. The number of hydrogen-bond acceptors (Lipinski definition) is 3. The number of aromatic nitrogens is 1. The van der Waals surface area contributed by atoms with Gasteiger partial charge in [0.25, 0.3) is 0 Å². The molecule has 0 spiro atoms. The molecule has 2 aliphatic rings. The number of rotatable bonds is 0. The molecule has 1 aromatic rings. The highest BCUT2D eigenvalue weighted by Crippen LogP contribution is 2.33. The summed E-state index contributed by atoms with van der Waals surface area (Å²) in [6.45, 7) is 1.98. The van der Waals surface area contributed by atoms with Gasteiger partial charge in [-0.1, -0.05) is 12.8 Å². The summed E-state index contributed by atoms with van der Waals surface area (Å²) in [5, 5.41) is 6.42. The standard InChI is InChI=1S/C13H17N3O/c1-8-6-11-12(14-7-8)15-10-5-3-2-4-9(10)13(17)16-11/h6-7,9-10H,2-5H2,1H3,(H,14,15)(H,16,17). The van der Waals surface area contributed by atoms with Gasteiger partial charge in [0.1, 0.15) is 5.82 Å². The van der Waals surface area contributed by atoms with Crippen LogP contribution in [-0.2, 0) is 4.79 Å². The minimum absolute atomic E-state index is 0.0956. The van der Waals surface area contributed by atoms with E-state index in [2.05, 4.69) is 15.6 Å². The van der Waals surface area contributed by atoms with Crippen molar-refractivity contribution in [3.8, 4) is 0 Å². The van der Waals surface area contributed by atoms with E-state index >= 15 is 0 Å². The summed E-state index contributed by atoms with van der Waals surface area (Å²) in [5.41, 5.74) is 1.89. The van der Waals surface area contributed by atoms with Crippen LogP contribution >= 0.6 is 0 Å². The molecule has 4 nitrogen and oxygen atoms in total. The number of carbonyl (C=O) groups is 1. The minimum atomic E-state index is 0.0956. The molecule has 90 valence electrons. The summed E-state index contributed by atoms with van der Waals surface area (Å²) in [5.74, 6) is 1.06. The van der Waals surface area contributed by atoms with Crippen LogP contribution in [0, 0.1) is 12.8 Å². The summed E-state index contributed by atoms with van der Waals surface area (Å²) in [4.78, 5) is 16.5. The Labute approximate surface area is 101 Å². The van der Waals surface area contributed by atoms with Crippen molar-refractivity contribution in [3.05, 3.63) is 17.8 Å². The Kier molecular flexibility index (Phi) is 2.50. The number of nitrogens with one attached hydrogen (secondary N) is 2. The topological polar surface area (TPSA) is 54.0 Å². The molecule has 1 aliphatic carbocycles. The predicted molar refractivity (Wildman–Crippen MR) is 67.0 cm³/mol. The monoisotopic (exact) mass is 231 g/mol. The van der Waals surface area contributed by atoms with Gasteiger partial charge in [-0.25, -0.2) is 4.98 Å². The number of carbonyl (C=O) groups excluding carboxylic acids is 1. The van der Waals surface area contributed by atoms with Crippen molar-refractivity contribution in [2.45, 2.75) is 38.6 Å². The van der Waals surface area contributed by atoms with Gasteiger partial charge in [-0.3, -0.25) is 4.79 Å².